The van der Waals surface area contributed by atoms with Crippen molar-refractivity contribution in [1.82, 2.24) is 10.1 Å². The molecule has 0 radical (unpaired) electrons. The van der Waals surface area contributed by atoms with E-state index in [1.165, 1.54) is 0 Å². The molecule has 14 heavy (non-hydrogen) atoms. The van der Waals surface area contributed by atoms with Crippen LogP contribution in [0.25, 0.3) is 0 Å². The van der Waals surface area contributed by atoms with E-state index >= 15 is 0 Å². The lowest BCUT2D eigenvalue weighted by Crippen LogP contribution is -1.91. The summed E-state index contributed by atoms with van der Waals surface area (Å²) >= 11 is 5.83. The van der Waals surface area contributed by atoms with Gasteiger partial charge in [-0.2, -0.15) is 4.98 Å². The molecule has 0 aliphatic carbocycles. The molecule has 1 aromatic carbocycles. The SMILES string of the molecule is Nc1nc(Cc2cccc(Cl)c2)no1. The smallest absolute Gasteiger partial charge is 0.318 e. The van der Waals surface area contributed by atoms with Crippen molar-refractivity contribution in [2.24, 2.45) is 0 Å². The van der Waals surface area contributed by atoms with Gasteiger partial charge >= 0.3 is 6.01 Å². The van der Waals surface area contributed by atoms with Gasteiger partial charge in [0.2, 0.25) is 0 Å². The summed E-state index contributed by atoms with van der Waals surface area (Å²) < 4.78 is 4.65. The Kier molecular flexibility index (Phi) is 2.37. The fraction of sp³-hybridized carbons (Fsp3) is 0.111. The Morgan fingerprint density at radius 1 is 1.43 bits per heavy atom. The van der Waals surface area contributed by atoms with Crippen molar-refractivity contribution in [3.63, 3.8) is 0 Å². The zero-order chi connectivity index (χ0) is 9.97. The van der Waals surface area contributed by atoms with Crippen LogP contribution in [0, 0.1) is 0 Å². The molecule has 0 unspecified atom stereocenters. The number of anilines is 1. The number of hydrogen-bond acceptors (Lipinski definition) is 4. The standard InChI is InChI=1S/C9H8ClN3O/c10-7-3-1-2-6(4-7)5-8-12-9(11)14-13-8/h1-4H,5H2,(H2,11,12,13). The van der Waals surface area contributed by atoms with Gasteiger partial charge in [-0.1, -0.05) is 28.9 Å². The third-order valence-electron chi connectivity index (χ3n) is 1.74. The Morgan fingerprint density at radius 2 is 2.29 bits per heavy atom. The summed E-state index contributed by atoms with van der Waals surface area (Å²) in [5, 5.41) is 4.38. The first-order valence-corrected chi connectivity index (χ1v) is 4.44. The van der Waals surface area contributed by atoms with Crippen molar-refractivity contribution < 1.29 is 4.52 Å². The first kappa shape index (κ1) is 9.02. The van der Waals surface area contributed by atoms with Crippen molar-refractivity contribution in [2.75, 3.05) is 5.73 Å². The summed E-state index contributed by atoms with van der Waals surface area (Å²) in [5.74, 6) is 0.560. The molecule has 0 bridgehead atoms. The van der Waals surface area contributed by atoms with E-state index < -0.39 is 0 Å². The number of benzene rings is 1. The van der Waals surface area contributed by atoms with Crippen LogP contribution in [0.4, 0.5) is 6.01 Å². The number of halogens is 1. The van der Waals surface area contributed by atoms with Crippen molar-refractivity contribution in [1.29, 1.82) is 0 Å². The van der Waals surface area contributed by atoms with Gasteiger partial charge < -0.3 is 10.3 Å². The Balaban J connectivity index is 2.18. The van der Waals surface area contributed by atoms with Crippen LogP contribution in [0.3, 0.4) is 0 Å². The fourth-order valence-corrected chi connectivity index (χ4v) is 1.38. The molecule has 0 atom stereocenters. The maximum atomic E-state index is 5.83. The summed E-state index contributed by atoms with van der Waals surface area (Å²) in [5.41, 5.74) is 6.32. The molecule has 2 N–H and O–H groups in total. The van der Waals surface area contributed by atoms with Gasteiger partial charge in [-0.25, -0.2) is 0 Å². The third kappa shape index (κ3) is 2.03. The summed E-state index contributed by atoms with van der Waals surface area (Å²) in [6.45, 7) is 0. The Labute approximate surface area is 85.7 Å². The summed E-state index contributed by atoms with van der Waals surface area (Å²) in [4.78, 5) is 3.89. The number of nitrogens with zero attached hydrogens (tertiary/aromatic N) is 2. The highest BCUT2D eigenvalue weighted by molar-refractivity contribution is 6.30. The van der Waals surface area contributed by atoms with Crippen molar-refractivity contribution in [3.05, 3.63) is 40.7 Å². The molecule has 1 heterocycles. The number of aromatic nitrogens is 2. The van der Waals surface area contributed by atoms with Crippen LogP contribution >= 0.6 is 11.6 Å². The minimum Gasteiger partial charge on any atom is -0.351 e. The second-order valence-electron chi connectivity index (χ2n) is 2.86. The van der Waals surface area contributed by atoms with E-state index in [1.54, 1.807) is 0 Å². The van der Waals surface area contributed by atoms with Gasteiger partial charge in [-0.05, 0) is 17.7 Å². The first-order valence-electron chi connectivity index (χ1n) is 4.06. The molecule has 0 amide bonds. The number of nitrogens with two attached hydrogens (primary N) is 1. The molecule has 0 saturated carbocycles. The van der Waals surface area contributed by atoms with Gasteiger partial charge in [-0.3, -0.25) is 0 Å². The first-order chi connectivity index (χ1) is 6.74. The zero-order valence-corrected chi connectivity index (χ0v) is 8.03. The molecule has 0 saturated heterocycles. The Hall–Kier alpha value is -1.55. The Morgan fingerprint density at radius 3 is 2.93 bits per heavy atom. The molecular formula is C9H8ClN3O. The minimum atomic E-state index is 0.0852. The van der Waals surface area contributed by atoms with E-state index in [2.05, 4.69) is 14.7 Å². The predicted octanol–water partition coefficient (Wildman–Crippen LogP) is 1.90. The molecule has 2 rings (SSSR count). The molecule has 2 aromatic rings. The highest BCUT2D eigenvalue weighted by atomic mass is 35.5. The van der Waals surface area contributed by atoms with E-state index in [9.17, 15) is 0 Å². The van der Waals surface area contributed by atoms with Crippen LogP contribution in [0.1, 0.15) is 11.4 Å². The summed E-state index contributed by atoms with van der Waals surface area (Å²) in [6, 6.07) is 7.57. The monoisotopic (exact) mass is 209 g/mol. The summed E-state index contributed by atoms with van der Waals surface area (Å²) in [6.07, 6.45) is 0.571. The molecule has 1 aromatic heterocycles. The lowest BCUT2D eigenvalue weighted by Gasteiger charge is -1.96. The lowest BCUT2D eigenvalue weighted by molar-refractivity contribution is 0.428. The molecule has 0 aliphatic rings. The van der Waals surface area contributed by atoms with Crippen molar-refractivity contribution in [2.45, 2.75) is 6.42 Å². The number of hydrogen-bond donors (Lipinski definition) is 1. The van der Waals surface area contributed by atoms with E-state index in [4.69, 9.17) is 17.3 Å². The van der Waals surface area contributed by atoms with Gasteiger partial charge in [0.05, 0.1) is 0 Å². The van der Waals surface area contributed by atoms with Crippen LogP contribution in [-0.4, -0.2) is 10.1 Å². The maximum Gasteiger partial charge on any atom is 0.318 e. The van der Waals surface area contributed by atoms with Crippen LogP contribution in [0.15, 0.2) is 28.8 Å². The van der Waals surface area contributed by atoms with Gasteiger partial charge in [0.25, 0.3) is 0 Å². The molecule has 0 fully saturated rings. The quantitative estimate of drug-likeness (QED) is 0.821. The fourth-order valence-electron chi connectivity index (χ4n) is 1.17. The minimum absolute atomic E-state index is 0.0852. The highest BCUT2D eigenvalue weighted by Crippen LogP contribution is 2.13. The van der Waals surface area contributed by atoms with E-state index in [-0.39, 0.29) is 6.01 Å². The number of nitrogen functional groups attached to an aromatic ring is 1. The Bertz CT molecular complexity index is 441. The largest absolute Gasteiger partial charge is 0.351 e. The second-order valence-corrected chi connectivity index (χ2v) is 3.29. The van der Waals surface area contributed by atoms with Gasteiger partial charge in [-0.15, -0.1) is 0 Å². The summed E-state index contributed by atoms with van der Waals surface area (Å²) in [7, 11) is 0. The second kappa shape index (κ2) is 3.67. The van der Waals surface area contributed by atoms with E-state index in [1.807, 2.05) is 24.3 Å². The van der Waals surface area contributed by atoms with Crippen molar-refractivity contribution >= 4 is 17.6 Å². The van der Waals surface area contributed by atoms with Gasteiger partial charge in [0.1, 0.15) is 0 Å². The lowest BCUT2D eigenvalue weighted by atomic mass is 10.1. The average molecular weight is 210 g/mol. The highest BCUT2D eigenvalue weighted by Gasteiger charge is 2.03. The topological polar surface area (TPSA) is 64.9 Å². The average Bonchev–Trinajstić information content (AvgIpc) is 2.51. The molecule has 5 heteroatoms. The van der Waals surface area contributed by atoms with E-state index in [0.717, 1.165) is 5.56 Å². The molecule has 4 nitrogen and oxygen atoms in total. The third-order valence-corrected chi connectivity index (χ3v) is 1.97. The zero-order valence-electron chi connectivity index (χ0n) is 7.27. The van der Waals surface area contributed by atoms with Gasteiger partial charge in [0.15, 0.2) is 5.82 Å². The molecule has 72 valence electrons. The van der Waals surface area contributed by atoms with Gasteiger partial charge in [0, 0.05) is 11.4 Å². The normalized spacial score (nSPS) is 10.4. The van der Waals surface area contributed by atoms with Crippen LogP contribution in [0.5, 0.6) is 0 Å². The molecule has 0 spiro atoms. The van der Waals surface area contributed by atoms with Crippen LogP contribution in [0.2, 0.25) is 5.02 Å². The van der Waals surface area contributed by atoms with Crippen molar-refractivity contribution in [3.8, 4) is 0 Å². The van der Waals surface area contributed by atoms with Crippen LogP contribution < -0.4 is 5.73 Å². The number of rotatable bonds is 2. The maximum absolute atomic E-state index is 5.83. The predicted molar refractivity (Wildman–Crippen MR) is 53.0 cm³/mol. The van der Waals surface area contributed by atoms with Crippen LogP contribution in [-0.2, 0) is 6.42 Å². The molecular weight excluding hydrogens is 202 g/mol. The molecule has 0 aliphatic heterocycles. The van der Waals surface area contributed by atoms with E-state index in [0.29, 0.717) is 17.3 Å².